The van der Waals surface area contributed by atoms with E-state index in [0.717, 1.165) is 17.8 Å². The van der Waals surface area contributed by atoms with Gasteiger partial charge in [0.25, 0.3) is 0 Å². The van der Waals surface area contributed by atoms with Gasteiger partial charge in [-0.1, -0.05) is 32.6 Å². The first-order chi connectivity index (χ1) is 5.40. The van der Waals surface area contributed by atoms with Crippen LogP contribution in [-0.2, 0) is 0 Å². The largest absolute Gasteiger partial charge is 0.0654 e. The molecule has 0 radical (unpaired) electrons. The van der Waals surface area contributed by atoms with Gasteiger partial charge in [0, 0.05) is 0 Å². The molecule has 0 saturated heterocycles. The summed E-state index contributed by atoms with van der Waals surface area (Å²) in [7, 11) is 0. The Labute approximate surface area is 70.4 Å². The molecule has 0 aromatic carbocycles. The summed E-state index contributed by atoms with van der Waals surface area (Å²) >= 11 is 0. The maximum Gasteiger partial charge on any atom is -0.0383 e. The lowest BCUT2D eigenvalue weighted by Gasteiger charge is -2.20. The normalized spacial score (nSPS) is 41.7. The van der Waals surface area contributed by atoms with Crippen molar-refractivity contribution in [3.63, 3.8) is 0 Å². The van der Waals surface area contributed by atoms with Gasteiger partial charge in [0.1, 0.15) is 0 Å². The van der Waals surface area contributed by atoms with E-state index in [0.29, 0.717) is 0 Å². The van der Waals surface area contributed by atoms with Crippen molar-refractivity contribution >= 4 is 0 Å². The number of hydrogen-bond donors (Lipinski definition) is 0. The molecule has 2 rings (SSSR count). The SMILES string of the molecule is CCCC[C@H]1C[C@H]2CC[C@@H]1C2. The van der Waals surface area contributed by atoms with Crippen LogP contribution in [0.4, 0.5) is 0 Å². The van der Waals surface area contributed by atoms with Crippen molar-refractivity contribution in [2.75, 3.05) is 0 Å². The second-order valence-corrected chi connectivity index (χ2v) is 4.58. The minimum atomic E-state index is 1.15. The van der Waals surface area contributed by atoms with Gasteiger partial charge >= 0.3 is 0 Å². The fraction of sp³-hybridized carbons (Fsp3) is 1.00. The zero-order chi connectivity index (χ0) is 7.68. The second kappa shape index (κ2) is 3.16. The molecule has 64 valence electrons. The second-order valence-electron chi connectivity index (χ2n) is 4.58. The number of fused-ring (bicyclic) bond motifs is 2. The zero-order valence-corrected chi connectivity index (χ0v) is 7.68. The van der Waals surface area contributed by atoms with Crippen LogP contribution < -0.4 is 0 Å². The molecule has 0 amide bonds. The summed E-state index contributed by atoms with van der Waals surface area (Å²) in [4.78, 5) is 0. The third kappa shape index (κ3) is 1.45. The van der Waals surface area contributed by atoms with Gasteiger partial charge in [0.05, 0.1) is 0 Å². The van der Waals surface area contributed by atoms with Crippen LogP contribution in [-0.4, -0.2) is 0 Å². The first-order valence-corrected chi connectivity index (χ1v) is 5.40. The molecule has 2 aliphatic carbocycles. The number of unbranched alkanes of at least 4 members (excludes halogenated alkanes) is 1. The van der Waals surface area contributed by atoms with Crippen LogP contribution in [0.1, 0.15) is 51.9 Å². The van der Waals surface area contributed by atoms with Gasteiger partial charge in [-0.05, 0) is 37.0 Å². The summed E-state index contributed by atoms with van der Waals surface area (Å²) in [5.41, 5.74) is 0. The Balaban J connectivity index is 1.78. The lowest BCUT2D eigenvalue weighted by Crippen LogP contribution is -2.09. The average Bonchev–Trinajstić information content (AvgIpc) is 2.60. The van der Waals surface area contributed by atoms with Crippen LogP contribution in [0.2, 0.25) is 0 Å². The van der Waals surface area contributed by atoms with Gasteiger partial charge < -0.3 is 0 Å². The fourth-order valence-corrected chi connectivity index (χ4v) is 3.20. The monoisotopic (exact) mass is 152 g/mol. The van der Waals surface area contributed by atoms with Crippen molar-refractivity contribution in [1.82, 2.24) is 0 Å². The highest BCUT2D eigenvalue weighted by Gasteiger charge is 2.38. The van der Waals surface area contributed by atoms with E-state index in [1.165, 1.54) is 19.3 Å². The predicted octanol–water partition coefficient (Wildman–Crippen LogP) is 3.61. The Morgan fingerprint density at radius 2 is 2.09 bits per heavy atom. The molecule has 0 N–H and O–H groups in total. The van der Waals surface area contributed by atoms with Crippen LogP contribution in [0.15, 0.2) is 0 Å². The molecule has 2 fully saturated rings. The predicted molar refractivity (Wildman–Crippen MR) is 48.5 cm³/mol. The summed E-state index contributed by atoms with van der Waals surface area (Å²) in [6, 6.07) is 0. The summed E-state index contributed by atoms with van der Waals surface area (Å²) in [5, 5.41) is 0. The molecule has 0 heterocycles. The summed E-state index contributed by atoms with van der Waals surface area (Å²) in [6.07, 6.45) is 10.7. The molecule has 0 heteroatoms. The fourth-order valence-electron chi connectivity index (χ4n) is 3.20. The van der Waals surface area contributed by atoms with Crippen LogP contribution >= 0.6 is 0 Å². The summed E-state index contributed by atoms with van der Waals surface area (Å²) < 4.78 is 0. The van der Waals surface area contributed by atoms with Crippen LogP contribution in [0, 0.1) is 17.8 Å². The first-order valence-electron chi connectivity index (χ1n) is 5.40. The molecule has 2 saturated carbocycles. The van der Waals surface area contributed by atoms with Gasteiger partial charge in [-0.25, -0.2) is 0 Å². The van der Waals surface area contributed by atoms with E-state index >= 15 is 0 Å². The highest BCUT2D eigenvalue weighted by atomic mass is 14.4. The highest BCUT2D eigenvalue weighted by Crippen LogP contribution is 2.49. The zero-order valence-electron chi connectivity index (χ0n) is 7.68. The number of hydrogen-bond acceptors (Lipinski definition) is 0. The van der Waals surface area contributed by atoms with Gasteiger partial charge in [-0.2, -0.15) is 0 Å². The Morgan fingerprint density at radius 3 is 2.64 bits per heavy atom. The molecule has 0 aliphatic heterocycles. The topological polar surface area (TPSA) is 0 Å². The van der Waals surface area contributed by atoms with E-state index in [1.54, 1.807) is 25.7 Å². The molecule has 0 aromatic heterocycles. The molecular formula is C11H20. The van der Waals surface area contributed by atoms with E-state index in [2.05, 4.69) is 6.92 Å². The van der Waals surface area contributed by atoms with Crippen molar-refractivity contribution in [3.8, 4) is 0 Å². The van der Waals surface area contributed by atoms with Gasteiger partial charge in [0.2, 0.25) is 0 Å². The van der Waals surface area contributed by atoms with E-state index in [-0.39, 0.29) is 0 Å². The Kier molecular flexibility index (Phi) is 2.20. The third-order valence-electron chi connectivity index (χ3n) is 3.81. The van der Waals surface area contributed by atoms with E-state index < -0.39 is 0 Å². The molecular weight excluding hydrogens is 132 g/mol. The Bertz CT molecular complexity index is 128. The average molecular weight is 152 g/mol. The van der Waals surface area contributed by atoms with Crippen LogP contribution in [0.5, 0.6) is 0 Å². The smallest absolute Gasteiger partial charge is 0.0383 e. The van der Waals surface area contributed by atoms with Crippen molar-refractivity contribution in [3.05, 3.63) is 0 Å². The summed E-state index contributed by atoms with van der Waals surface area (Å²) in [5.74, 6) is 3.46. The molecule has 0 nitrogen and oxygen atoms in total. The van der Waals surface area contributed by atoms with Crippen molar-refractivity contribution < 1.29 is 0 Å². The molecule has 2 bridgehead atoms. The summed E-state index contributed by atoms with van der Waals surface area (Å²) in [6.45, 7) is 2.31. The maximum absolute atomic E-state index is 2.31. The first kappa shape index (κ1) is 7.64. The minimum absolute atomic E-state index is 1.15. The molecule has 3 atom stereocenters. The van der Waals surface area contributed by atoms with Crippen LogP contribution in [0.3, 0.4) is 0 Å². The Hall–Kier alpha value is 0. The van der Waals surface area contributed by atoms with Crippen molar-refractivity contribution in [2.45, 2.75) is 51.9 Å². The van der Waals surface area contributed by atoms with Gasteiger partial charge in [0.15, 0.2) is 0 Å². The highest BCUT2D eigenvalue weighted by molar-refractivity contribution is 4.89. The molecule has 0 aromatic rings. The van der Waals surface area contributed by atoms with Gasteiger partial charge in [-0.3, -0.25) is 0 Å². The molecule has 2 aliphatic rings. The maximum atomic E-state index is 2.31. The third-order valence-corrected chi connectivity index (χ3v) is 3.81. The lowest BCUT2D eigenvalue weighted by atomic mass is 9.85. The number of rotatable bonds is 3. The molecule has 0 unspecified atom stereocenters. The van der Waals surface area contributed by atoms with Crippen LogP contribution in [0.25, 0.3) is 0 Å². The van der Waals surface area contributed by atoms with Gasteiger partial charge in [-0.15, -0.1) is 0 Å². The standard InChI is InChI=1S/C11H20/c1-2-3-4-10-7-9-5-6-11(10)8-9/h9-11H,2-8H2,1H3/t9-,10+,11-/m1/s1. The quantitative estimate of drug-likeness (QED) is 0.579. The van der Waals surface area contributed by atoms with E-state index in [4.69, 9.17) is 0 Å². The van der Waals surface area contributed by atoms with Crippen molar-refractivity contribution in [2.24, 2.45) is 17.8 Å². The minimum Gasteiger partial charge on any atom is -0.0654 e. The molecule has 11 heavy (non-hydrogen) atoms. The van der Waals surface area contributed by atoms with E-state index in [9.17, 15) is 0 Å². The Morgan fingerprint density at radius 1 is 1.18 bits per heavy atom. The molecule has 0 spiro atoms. The lowest BCUT2D eigenvalue weighted by molar-refractivity contribution is 0.307. The van der Waals surface area contributed by atoms with Crippen molar-refractivity contribution in [1.29, 1.82) is 0 Å². The van der Waals surface area contributed by atoms with E-state index in [1.807, 2.05) is 0 Å².